The highest BCUT2D eigenvalue weighted by Gasteiger charge is 2.58. The summed E-state index contributed by atoms with van der Waals surface area (Å²) in [5.41, 5.74) is 0.292. The molecule has 92 valence electrons. The minimum Gasteiger partial charge on any atom is -0.392 e. The molecule has 1 fully saturated rings. The van der Waals surface area contributed by atoms with E-state index in [-0.39, 0.29) is 17.8 Å². The molecule has 1 aromatic carbocycles. The Morgan fingerprint density at radius 1 is 1.22 bits per heavy atom. The maximum absolute atomic E-state index is 12.0. The van der Waals surface area contributed by atoms with Crippen LogP contribution in [0.25, 0.3) is 0 Å². The summed E-state index contributed by atoms with van der Waals surface area (Å²) in [5, 5.41) is 0. The lowest BCUT2D eigenvalue weighted by Gasteiger charge is -2.35. The molecule has 3 nitrogen and oxygen atoms in total. The average molecular weight is 242 g/mol. The van der Waals surface area contributed by atoms with Crippen molar-refractivity contribution in [2.45, 2.75) is 19.3 Å². The first-order valence-corrected chi connectivity index (χ1v) is 6.12. The number of benzene rings is 1. The number of hydrogen-bond donors (Lipinski definition) is 0. The van der Waals surface area contributed by atoms with E-state index in [2.05, 4.69) is 0 Å². The standard InChI is InChI=1S/C15H14O3/c1-15-11(10-6-3-2-4-7-10)8-5-9-12(15)13(16)18-14(15)17/h2-8,11-12H,9H2,1H3/t11-,12-,15-/m0/s1. The molecule has 1 aliphatic heterocycles. The molecule has 0 N–H and O–H groups in total. The summed E-state index contributed by atoms with van der Waals surface area (Å²) in [5.74, 6) is -1.21. The topological polar surface area (TPSA) is 43.4 Å². The van der Waals surface area contributed by atoms with E-state index in [9.17, 15) is 9.59 Å². The van der Waals surface area contributed by atoms with Gasteiger partial charge in [0, 0.05) is 5.92 Å². The first kappa shape index (κ1) is 11.2. The lowest BCUT2D eigenvalue weighted by Crippen LogP contribution is -2.38. The normalized spacial score (nSPS) is 34.3. The van der Waals surface area contributed by atoms with Crippen LogP contribution in [0.1, 0.15) is 24.8 Å². The highest BCUT2D eigenvalue weighted by Crippen LogP contribution is 2.52. The van der Waals surface area contributed by atoms with E-state index in [1.807, 2.05) is 49.4 Å². The number of allylic oxidation sites excluding steroid dienone is 2. The Hall–Kier alpha value is -1.90. The number of fused-ring (bicyclic) bond motifs is 1. The Morgan fingerprint density at radius 3 is 2.67 bits per heavy atom. The van der Waals surface area contributed by atoms with Crippen molar-refractivity contribution < 1.29 is 14.3 Å². The fraction of sp³-hybridized carbons (Fsp3) is 0.333. The molecule has 0 bridgehead atoms. The largest absolute Gasteiger partial charge is 0.392 e. The van der Waals surface area contributed by atoms with Crippen LogP contribution in [0.15, 0.2) is 42.5 Å². The van der Waals surface area contributed by atoms with Crippen molar-refractivity contribution in [2.75, 3.05) is 0 Å². The maximum Gasteiger partial charge on any atom is 0.321 e. The summed E-state index contributed by atoms with van der Waals surface area (Å²) in [6.07, 6.45) is 4.58. The predicted octanol–water partition coefficient (Wildman–Crippen LogP) is 2.44. The van der Waals surface area contributed by atoms with E-state index in [0.29, 0.717) is 6.42 Å². The molecule has 1 aromatic rings. The summed E-state index contributed by atoms with van der Waals surface area (Å²) < 4.78 is 4.85. The van der Waals surface area contributed by atoms with E-state index in [0.717, 1.165) is 5.56 Å². The van der Waals surface area contributed by atoms with Crippen LogP contribution in [0.4, 0.5) is 0 Å². The molecule has 0 spiro atoms. The summed E-state index contributed by atoms with van der Waals surface area (Å²) in [4.78, 5) is 23.8. The lowest BCUT2D eigenvalue weighted by molar-refractivity contribution is -0.155. The number of rotatable bonds is 1. The zero-order valence-electron chi connectivity index (χ0n) is 10.1. The van der Waals surface area contributed by atoms with E-state index in [4.69, 9.17) is 4.74 Å². The predicted molar refractivity (Wildman–Crippen MR) is 65.6 cm³/mol. The molecule has 0 unspecified atom stereocenters. The fourth-order valence-electron chi connectivity index (χ4n) is 3.01. The van der Waals surface area contributed by atoms with Gasteiger partial charge in [-0.15, -0.1) is 0 Å². The Kier molecular flexibility index (Phi) is 2.37. The lowest BCUT2D eigenvalue weighted by atomic mass is 9.63. The number of ether oxygens (including phenoxy) is 1. The molecule has 2 aliphatic rings. The molecule has 1 aliphatic carbocycles. The molecule has 3 heteroatoms. The second kappa shape index (κ2) is 3.80. The summed E-state index contributed by atoms with van der Waals surface area (Å²) >= 11 is 0. The molecule has 1 saturated heterocycles. The van der Waals surface area contributed by atoms with Crippen LogP contribution in [0.2, 0.25) is 0 Å². The van der Waals surface area contributed by atoms with Crippen molar-refractivity contribution in [1.82, 2.24) is 0 Å². The minimum atomic E-state index is -0.757. The van der Waals surface area contributed by atoms with Gasteiger partial charge in [0.15, 0.2) is 0 Å². The first-order valence-electron chi connectivity index (χ1n) is 6.12. The Labute approximate surface area is 105 Å². The molecule has 0 amide bonds. The third kappa shape index (κ3) is 1.37. The van der Waals surface area contributed by atoms with Gasteiger partial charge < -0.3 is 4.74 Å². The smallest absolute Gasteiger partial charge is 0.321 e. The zero-order valence-corrected chi connectivity index (χ0v) is 10.1. The van der Waals surface area contributed by atoms with Gasteiger partial charge in [0.05, 0.1) is 11.3 Å². The SMILES string of the molecule is C[C@@]12C(=O)OC(=O)[C@@H]1CC=C[C@H]2c1ccccc1. The molecular weight excluding hydrogens is 228 g/mol. The Balaban J connectivity index is 2.10. The van der Waals surface area contributed by atoms with E-state index in [1.165, 1.54) is 0 Å². The van der Waals surface area contributed by atoms with Crippen LogP contribution in [0, 0.1) is 11.3 Å². The van der Waals surface area contributed by atoms with Gasteiger partial charge in [-0.2, -0.15) is 0 Å². The van der Waals surface area contributed by atoms with Gasteiger partial charge in [0.2, 0.25) is 0 Å². The summed E-state index contributed by atoms with van der Waals surface area (Å²) in [6.45, 7) is 1.84. The van der Waals surface area contributed by atoms with Gasteiger partial charge >= 0.3 is 11.9 Å². The van der Waals surface area contributed by atoms with Gasteiger partial charge in [-0.1, -0.05) is 42.5 Å². The Morgan fingerprint density at radius 2 is 1.94 bits per heavy atom. The number of carbonyl (C=O) groups is 2. The van der Waals surface area contributed by atoms with Crippen molar-refractivity contribution >= 4 is 11.9 Å². The minimum absolute atomic E-state index is 0.0867. The highest BCUT2D eigenvalue weighted by atomic mass is 16.6. The van der Waals surface area contributed by atoms with Crippen molar-refractivity contribution in [3.05, 3.63) is 48.0 Å². The fourth-order valence-corrected chi connectivity index (χ4v) is 3.01. The van der Waals surface area contributed by atoms with E-state index < -0.39 is 11.4 Å². The number of hydrogen-bond acceptors (Lipinski definition) is 3. The average Bonchev–Trinajstić information content (AvgIpc) is 2.61. The first-order chi connectivity index (χ1) is 8.64. The van der Waals surface area contributed by atoms with Gasteiger partial charge in [-0.3, -0.25) is 9.59 Å². The number of esters is 2. The molecule has 0 radical (unpaired) electrons. The van der Waals surface area contributed by atoms with Crippen LogP contribution in [0.5, 0.6) is 0 Å². The second-order valence-corrected chi connectivity index (χ2v) is 5.10. The molecule has 18 heavy (non-hydrogen) atoms. The summed E-state index contributed by atoms with van der Waals surface area (Å²) in [6, 6.07) is 9.79. The van der Waals surface area contributed by atoms with Gasteiger partial charge in [0.1, 0.15) is 0 Å². The molecule has 3 atom stereocenters. The second-order valence-electron chi connectivity index (χ2n) is 5.10. The third-order valence-corrected chi connectivity index (χ3v) is 4.15. The number of carbonyl (C=O) groups excluding carboxylic acids is 2. The van der Waals surface area contributed by atoms with Crippen LogP contribution in [0.3, 0.4) is 0 Å². The van der Waals surface area contributed by atoms with Gasteiger partial charge in [0.25, 0.3) is 0 Å². The summed E-state index contributed by atoms with van der Waals surface area (Å²) in [7, 11) is 0. The number of cyclic esters (lactones) is 2. The van der Waals surface area contributed by atoms with Gasteiger partial charge in [-0.25, -0.2) is 0 Å². The van der Waals surface area contributed by atoms with Crippen LogP contribution in [-0.4, -0.2) is 11.9 Å². The van der Waals surface area contributed by atoms with E-state index >= 15 is 0 Å². The monoisotopic (exact) mass is 242 g/mol. The van der Waals surface area contributed by atoms with Crippen LogP contribution >= 0.6 is 0 Å². The van der Waals surface area contributed by atoms with Crippen molar-refractivity contribution in [1.29, 1.82) is 0 Å². The molecule has 1 heterocycles. The third-order valence-electron chi connectivity index (χ3n) is 4.15. The Bertz CT molecular complexity index is 532. The molecular formula is C15H14O3. The highest BCUT2D eigenvalue weighted by molar-refractivity contribution is 6.00. The molecule has 0 saturated carbocycles. The van der Waals surface area contributed by atoms with Crippen LogP contribution in [-0.2, 0) is 14.3 Å². The van der Waals surface area contributed by atoms with E-state index in [1.54, 1.807) is 0 Å². The van der Waals surface area contributed by atoms with Gasteiger partial charge in [-0.05, 0) is 18.9 Å². The van der Waals surface area contributed by atoms with Crippen molar-refractivity contribution in [2.24, 2.45) is 11.3 Å². The van der Waals surface area contributed by atoms with Crippen molar-refractivity contribution in [3.8, 4) is 0 Å². The molecule has 3 rings (SSSR count). The van der Waals surface area contributed by atoms with Crippen molar-refractivity contribution in [3.63, 3.8) is 0 Å². The maximum atomic E-state index is 12.0. The quantitative estimate of drug-likeness (QED) is 0.431. The van der Waals surface area contributed by atoms with Crippen LogP contribution < -0.4 is 0 Å². The zero-order chi connectivity index (χ0) is 12.8. The molecule has 0 aromatic heterocycles.